The largest absolute Gasteiger partial charge is 0.497 e. The van der Waals surface area contributed by atoms with Gasteiger partial charge in [-0.2, -0.15) is 4.31 Å². The summed E-state index contributed by atoms with van der Waals surface area (Å²) < 4.78 is 37.7. The number of halogens is 2. The Morgan fingerprint density at radius 3 is 2.33 bits per heavy atom. The lowest BCUT2D eigenvalue weighted by Crippen LogP contribution is -2.41. The number of hydrogen-bond acceptors (Lipinski definition) is 7. The summed E-state index contributed by atoms with van der Waals surface area (Å²) >= 11 is 12.0. The van der Waals surface area contributed by atoms with Crippen LogP contribution in [0.25, 0.3) is 11.5 Å². The van der Waals surface area contributed by atoms with Crippen molar-refractivity contribution < 1.29 is 22.4 Å². The van der Waals surface area contributed by atoms with Gasteiger partial charge in [0, 0.05) is 34.6 Å². The predicted octanol–water partition coefficient (Wildman–Crippen LogP) is 4.09. The highest BCUT2D eigenvalue weighted by Gasteiger charge is 2.32. The van der Waals surface area contributed by atoms with Crippen LogP contribution in [0.15, 0.2) is 51.8 Å². The number of anilines is 1. The molecule has 12 heteroatoms. The average Bonchev–Trinajstić information content (AvgIpc) is 3.27. The molecule has 0 unspecified atom stereocenters. The first-order chi connectivity index (χ1) is 15.8. The number of piperidine rings is 1. The second-order valence-electron chi connectivity index (χ2n) is 7.41. The van der Waals surface area contributed by atoms with Gasteiger partial charge in [-0.25, -0.2) is 8.42 Å². The highest BCUT2D eigenvalue weighted by atomic mass is 35.5. The Labute approximate surface area is 200 Å². The SMILES string of the molecule is COc1ccc(S(=O)(=O)N2CCC(C(=O)Nc3nnc(-c4cc(Cl)cc(Cl)c4)o3)CC2)cc1. The lowest BCUT2D eigenvalue weighted by molar-refractivity contribution is -0.121. The van der Waals surface area contributed by atoms with Crippen LogP contribution >= 0.6 is 23.2 Å². The van der Waals surface area contributed by atoms with Crippen LogP contribution in [0.5, 0.6) is 5.75 Å². The Hall–Kier alpha value is -2.66. The fraction of sp³-hybridized carbons (Fsp3) is 0.286. The van der Waals surface area contributed by atoms with Crippen molar-refractivity contribution in [3.8, 4) is 17.2 Å². The molecule has 1 aliphatic heterocycles. The van der Waals surface area contributed by atoms with E-state index < -0.39 is 10.0 Å². The maximum Gasteiger partial charge on any atom is 0.322 e. The molecule has 1 saturated heterocycles. The van der Waals surface area contributed by atoms with Crippen molar-refractivity contribution in [1.82, 2.24) is 14.5 Å². The molecular formula is C21H20Cl2N4O5S. The van der Waals surface area contributed by atoms with Crippen molar-refractivity contribution in [3.63, 3.8) is 0 Å². The number of carbonyl (C=O) groups is 1. The molecule has 0 bridgehead atoms. The van der Waals surface area contributed by atoms with Crippen molar-refractivity contribution in [2.45, 2.75) is 17.7 Å². The first-order valence-electron chi connectivity index (χ1n) is 10.0. The topological polar surface area (TPSA) is 115 Å². The molecule has 0 radical (unpaired) electrons. The first-order valence-corrected chi connectivity index (χ1v) is 12.2. The minimum atomic E-state index is -3.65. The molecule has 4 rings (SSSR count). The van der Waals surface area contributed by atoms with Crippen LogP contribution in [0.4, 0.5) is 6.01 Å². The Balaban J connectivity index is 1.36. The summed E-state index contributed by atoms with van der Waals surface area (Å²) in [5.41, 5.74) is 0.526. The number of nitrogens with one attached hydrogen (secondary N) is 1. The van der Waals surface area contributed by atoms with Crippen LogP contribution in [-0.2, 0) is 14.8 Å². The summed E-state index contributed by atoms with van der Waals surface area (Å²) in [4.78, 5) is 12.8. The normalized spacial score (nSPS) is 15.4. The number of hydrogen-bond donors (Lipinski definition) is 1. The standard InChI is InChI=1S/C21H20Cl2N4O5S/c1-31-17-2-4-18(5-3-17)33(29,30)27-8-6-13(7-9-27)19(28)24-21-26-25-20(32-21)14-10-15(22)12-16(23)11-14/h2-5,10-13H,6-9H2,1H3,(H,24,26,28). The fourth-order valence-corrected chi connectivity index (χ4v) is 5.53. The Morgan fingerprint density at radius 2 is 1.73 bits per heavy atom. The van der Waals surface area contributed by atoms with Gasteiger partial charge >= 0.3 is 6.01 Å². The summed E-state index contributed by atoms with van der Waals surface area (Å²) in [6.07, 6.45) is 0.734. The minimum absolute atomic E-state index is 0.0561. The number of methoxy groups -OCH3 is 1. The van der Waals surface area contributed by atoms with Gasteiger partial charge in [0.2, 0.25) is 21.8 Å². The lowest BCUT2D eigenvalue weighted by atomic mass is 9.97. The van der Waals surface area contributed by atoms with Gasteiger partial charge in [-0.05, 0) is 55.3 Å². The molecule has 33 heavy (non-hydrogen) atoms. The van der Waals surface area contributed by atoms with E-state index in [0.717, 1.165) is 0 Å². The van der Waals surface area contributed by atoms with E-state index in [1.54, 1.807) is 30.3 Å². The van der Waals surface area contributed by atoms with Gasteiger partial charge < -0.3 is 9.15 Å². The smallest absolute Gasteiger partial charge is 0.322 e. The number of rotatable bonds is 6. The summed E-state index contributed by atoms with van der Waals surface area (Å²) in [6, 6.07) is 11.0. The molecule has 1 amide bonds. The Bertz CT molecular complexity index is 1240. The van der Waals surface area contributed by atoms with Gasteiger partial charge in [0.1, 0.15) is 5.75 Å². The average molecular weight is 511 g/mol. The molecule has 2 heterocycles. The van der Waals surface area contributed by atoms with E-state index in [2.05, 4.69) is 15.5 Å². The third-order valence-corrected chi connectivity index (χ3v) is 7.64. The first kappa shape index (κ1) is 23.5. The van der Waals surface area contributed by atoms with E-state index in [4.69, 9.17) is 32.4 Å². The molecule has 1 aromatic heterocycles. The van der Waals surface area contributed by atoms with Crippen LogP contribution in [-0.4, -0.2) is 49.0 Å². The van der Waals surface area contributed by atoms with E-state index in [0.29, 0.717) is 34.2 Å². The fourth-order valence-electron chi connectivity index (χ4n) is 3.53. The zero-order valence-electron chi connectivity index (χ0n) is 17.5. The molecule has 174 valence electrons. The maximum absolute atomic E-state index is 12.9. The van der Waals surface area contributed by atoms with Crippen LogP contribution in [0, 0.1) is 5.92 Å². The van der Waals surface area contributed by atoms with Gasteiger partial charge in [-0.15, -0.1) is 5.10 Å². The van der Waals surface area contributed by atoms with E-state index in [1.807, 2.05) is 0 Å². The van der Waals surface area contributed by atoms with Gasteiger partial charge in [0.15, 0.2) is 0 Å². The number of amides is 1. The second kappa shape index (κ2) is 9.68. The Morgan fingerprint density at radius 1 is 1.09 bits per heavy atom. The number of sulfonamides is 1. The molecule has 1 N–H and O–H groups in total. The molecule has 1 aliphatic rings. The molecular weight excluding hydrogens is 491 g/mol. The molecule has 2 aromatic carbocycles. The van der Waals surface area contributed by atoms with Crippen LogP contribution in [0.2, 0.25) is 10.0 Å². The van der Waals surface area contributed by atoms with Crippen molar-refractivity contribution in [2.24, 2.45) is 5.92 Å². The van der Waals surface area contributed by atoms with Crippen LogP contribution < -0.4 is 10.1 Å². The van der Waals surface area contributed by atoms with E-state index >= 15 is 0 Å². The van der Waals surface area contributed by atoms with E-state index in [9.17, 15) is 13.2 Å². The lowest BCUT2D eigenvalue weighted by Gasteiger charge is -2.30. The van der Waals surface area contributed by atoms with Gasteiger partial charge in [-0.1, -0.05) is 28.3 Å². The van der Waals surface area contributed by atoms with Gasteiger partial charge in [-0.3, -0.25) is 10.1 Å². The summed E-state index contributed by atoms with van der Waals surface area (Å²) in [7, 11) is -2.13. The maximum atomic E-state index is 12.9. The second-order valence-corrected chi connectivity index (χ2v) is 10.2. The van der Waals surface area contributed by atoms with Crippen molar-refractivity contribution in [1.29, 1.82) is 0 Å². The van der Waals surface area contributed by atoms with Gasteiger partial charge in [0.05, 0.1) is 12.0 Å². The Kier molecular flexibility index (Phi) is 6.89. The summed E-state index contributed by atoms with van der Waals surface area (Å²) in [5, 5.41) is 11.2. The summed E-state index contributed by atoms with van der Waals surface area (Å²) in [5.74, 6) is 0.0428. The monoisotopic (exact) mass is 510 g/mol. The predicted molar refractivity (Wildman–Crippen MR) is 123 cm³/mol. The van der Waals surface area contributed by atoms with Crippen LogP contribution in [0.3, 0.4) is 0 Å². The number of nitrogens with zero attached hydrogens (tertiary/aromatic N) is 3. The van der Waals surface area contributed by atoms with Gasteiger partial charge in [0.25, 0.3) is 0 Å². The highest BCUT2D eigenvalue weighted by Crippen LogP contribution is 2.29. The van der Waals surface area contributed by atoms with Crippen molar-refractivity contribution in [2.75, 3.05) is 25.5 Å². The number of benzene rings is 2. The molecule has 0 aliphatic carbocycles. The highest BCUT2D eigenvalue weighted by molar-refractivity contribution is 7.89. The number of aromatic nitrogens is 2. The van der Waals surface area contributed by atoms with Crippen molar-refractivity contribution in [3.05, 3.63) is 52.5 Å². The zero-order valence-corrected chi connectivity index (χ0v) is 19.8. The van der Waals surface area contributed by atoms with E-state index in [1.165, 1.54) is 23.5 Å². The van der Waals surface area contributed by atoms with Crippen molar-refractivity contribution >= 4 is 45.1 Å². The molecule has 0 saturated carbocycles. The molecule has 0 atom stereocenters. The minimum Gasteiger partial charge on any atom is -0.497 e. The quantitative estimate of drug-likeness (QED) is 0.530. The third-order valence-electron chi connectivity index (χ3n) is 5.29. The van der Waals surface area contributed by atoms with E-state index in [-0.39, 0.29) is 41.7 Å². The van der Waals surface area contributed by atoms with Crippen LogP contribution in [0.1, 0.15) is 12.8 Å². The molecule has 0 spiro atoms. The number of carbonyl (C=O) groups excluding carboxylic acids is 1. The summed E-state index contributed by atoms with van der Waals surface area (Å²) in [6.45, 7) is 0.449. The third kappa shape index (κ3) is 5.30. The number of ether oxygens (including phenoxy) is 1. The molecule has 3 aromatic rings. The molecule has 9 nitrogen and oxygen atoms in total. The molecule has 1 fully saturated rings. The zero-order chi connectivity index (χ0) is 23.6.